The maximum atomic E-state index is 5.84. The first-order valence-corrected chi connectivity index (χ1v) is 6.56. The summed E-state index contributed by atoms with van der Waals surface area (Å²) in [6.45, 7) is 0. The summed E-state index contributed by atoms with van der Waals surface area (Å²) in [5, 5.41) is 0. The highest BCUT2D eigenvalue weighted by atomic mass is 79.9. The van der Waals surface area contributed by atoms with Crippen LogP contribution in [-0.2, 0) is 0 Å². The number of hydrogen-bond acceptors (Lipinski definition) is 3. The number of halogens is 1. The van der Waals surface area contributed by atoms with Crippen LogP contribution >= 0.6 is 15.9 Å². The molecule has 0 saturated heterocycles. The summed E-state index contributed by atoms with van der Waals surface area (Å²) in [6, 6.07) is 11.6. The maximum Gasteiger partial charge on any atom is 0.145 e. The molecule has 0 radical (unpaired) electrons. The lowest BCUT2D eigenvalue weighted by atomic mass is 10.2. The Bertz CT molecular complexity index is 734. The molecule has 3 aromatic rings. The van der Waals surface area contributed by atoms with Gasteiger partial charge in [0, 0.05) is 17.4 Å². The second kappa shape index (κ2) is 4.59. The monoisotopic (exact) mass is 317 g/mol. The van der Waals surface area contributed by atoms with Crippen molar-refractivity contribution in [3.63, 3.8) is 0 Å². The Morgan fingerprint density at radius 2 is 1.89 bits per heavy atom. The maximum absolute atomic E-state index is 5.84. The van der Waals surface area contributed by atoms with E-state index in [1.807, 2.05) is 47.0 Å². The fraction of sp³-hybridized carbons (Fsp3) is 0.0714. The zero-order chi connectivity index (χ0) is 13.4. The number of imidazole rings is 1. The molecular weight excluding hydrogens is 306 g/mol. The summed E-state index contributed by atoms with van der Waals surface area (Å²) in [7, 11) is 1.65. The van der Waals surface area contributed by atoms with Gasteiger partial charge in [-0.25, -0.2) is 4.98 Å². The first-order chi connectivity index (χ1) is 9.19. The lowest BCUT2D eigenvalue weighted by Gasteiger charge is -2.04. The van der Waals surface area contributed by atoms with E-state index >= 15 is 0 Å². The van der Waals surface area contributed by atoms with Crippen LogP contribution < -0.4 is 10.5 Å². The fourth-order valence-corrected chi connectivity index (χ4v) is 2.50. The normalized spacial score (nSPS) is 10.8. The van der Waals surface area contributed by atoms with Crippen molar-refractivity contribution in [2.75, 3.05) is 12.8 Å². The van der Waals surface area contributed by atoms with Gasteiger partial charge in [0.15, 0.2) is 0 Å². The molecule has 0 unspecified atom stereocenters. The number of anilines is 1. The molecule has 2 aromatic heterocycles. The highest BCUT2D eigenvalue weighted by molar-refractivity contribution is 9.10. The molecule has 2 heterocycles. The molecular formula is C14H12BrN3O. The van der Waals surface area contributed by atoms with Crippen molar-refractivity contribution in [2.45, 2.75) is 0 Å². The number of nitrogens with two attached hydrogens (primary N) is 1. The standard InChI is InChI=1S/C14H12BrN3O/c1-19-11-5-2-9(3-6-11)14-17-13(15)12-7-4-10(16)8-18(12)14/h2-8H,16H2,1H3. The molecule has 3 rings (SSSR count). The van der Waals surface area contributed by atoms with Gasteiger partial charge in [0.25, 0.3) is 0 Å². The quantitative estimate of drug-likeness (QED) is 0.788. The van der Waals surface area contributed by atoms with Crippen LogP contribution in [-0.4, -0.2) is 16.5 Å². The lowest BCUT2D eigenvalue weighted by molar-refractivity contribution is 0.415. The van der Waals surface area contributed by atoms with E-state index in [4.69, 9.17) is 10.5 Å². The van der Waals surface area contributed by atoms with Gasteiger partial charge in [-0.1, -0.05) is 0 Å². The number of nitrogens with zero attached hydrogens (tertiary/aromatic N) is 2. The van der Waals surface area contributed by atoms with Crippen molar-refractivity contribution in [3.8, 4) is 17.1 Å². The minimum atomic E-state index is 0.701. The molecule has 0 aliphatic heterocycles. The number of aromatic nitrogens is 2. The Balaban J connectivity index is 2.20. The second-order valence-electron chi connectivity index (χ2n) is 4.17. The molecule has 96 valence electrons. The van der Waals surface area contributed by atoms with Gasteiger partial charge < -0.3 is 10.5 Å². The first kappa shape index (κ1) is 12.0. The summed E-state index contributed by atoms with van der Waals surface area (Å²) in [4.78, 5) is 4.54. The number of pyridine rings is 1. The summed E-state index contributed by atoms with van der Waals surface area (Å²) < 4.78 is 7.94. The number of fused-ring (bicyclic) bond motifs is 1. The molecule has 0 saturated carbocycles. The van der Waals surface area contributed by atoms with Gasteiger partial charge in [0.2, 0.25) is 0 Å². The molecule has 5 heteroatoms. The van der Waals surface area contributed by atoms with Crippen molar-refractivity contribution in [3.05, 3.63) is 47.2 Å². The van der Waals surface area contributed by atoms with E-state index in [0.717, 1.165) is 27.3 Å². The molecule has 0 aliphatic rings. The molecule has 4 nitrogen and oxygen atoms in total. The van der Waals surface area contributed by atoms with Gasteiger partial charge in [-0.3, -0.25) is 4.40 Å². The van der Waals surface area contributed by atoms with Gasteiger partial charge in [0.05, 0.1) is 12.6 Å². The minimum absolute atomic E-state index is 0.701. The number of rotatable bonds is 2. The Morgan fingerprint density at radius 1 is 1.16 bits per heavy atom. The number of hydrogen-bond donors (Lipinski definition) is 1. The van der Waals surface area contributed by atoms with Gasteiger partial charge in [-0.15, -0.1) is 0 Å². The van der Waals surface area contributed by atoms with Crippen molar-refractivity contribution in [1.82, 2.24) is 9.38 Å². The van der Waals surface area contributed by atoms with Gasteiger partial charge in [-0.05, 0) is 52.3 Å². The van der Waals surface area contributed by atoms with E-state index in [-0.39, 0.29) is 0 Å². The Hall–Kier alpha value is -2.01. The Kier molecular flexibility index (Phi) is 2.91. The van der Waals surface area contributed by atoms with Gasteiger partial charge in [-0.2, -0.15) is 0 Å². The average molecular weight is 318 g/mol. The Morgan fingerprint density at radius 3 is 2.58 bits per heavy atom. The van der Waals surface area contributed by atoms with Crippen molar-refractivity contribution < 1.29 is 4.74 Å². The summed E-state index contributed by atoms with van der Waals surface area (Å²) in [6.07, 6.45) is 1.87. The largest absolute Gasteiger partial charge is 0.497 e. The molecule has 1 aromatic carbocycles. The van der Waals surface area contributed by atoms with E-state index in [0.29, 0.717) is 5.69 Å². The number of methoxy groups -OCH3 is 1. The third-order valence-corrected chi connectivity index (χ3v) is 3.55. The van der Waals surface area contributed by atoms with Crippen LogP contribution in [0.2, 0.25) is 0 Å². The van der Waals surface area contributed by atoms with Crippen LogP contribution in [0.1, 0.15) is 0 Å². The third kappa shape index (κ3) is 2.06. The van der Waals surface area contributed by atoms with Crippen LogP contribution in [0.25, 0.3) is 16.9 Å². The third-order valence-electron chi connectivity index (χ3n) is 2.96. The highest BCUT2D eigenvalue weighted by Crippen LogP contribution is 2.28. The molecule has 0 bridgehead atoms. The number of ether oxygens (including phenoxy) is 1. The summed E-state index contributed by atoms with van der Waals surface area (Å²) in [5.74, 6) is 1.67. The average Bonchev–Trinajstić information content (AvgIpc) is 2.75. The number of benzene rings is 1. The van der Waals surface area contributed by atoms with Crippen LogP contribution in [0.4, 0.5) is 5.69 Å². The van der Waals surface area contributed by atoms with Gasteiger partial charge >= 0.3 is 0 Å². The van der Waals surface area contributed by atoms with E-state index in [1.165, 1.54) is 0 Å². The van der Waals surface area contributed by atoms with Crippen molar-refractivity contribution in [2.24, 2.45) is 0 Å². The van der Waals surface area contributed by atoms with Crippen LogP contribution in [0.15, 0.2) is 47.2 Å². The molecule has 0 atom stereocenters. The van der Waals surface area contributed by atoms with E-state index in [2.05, 4.69) is 20.9 Å². The zero-order valence-corrected chi connectivity index (χ0v) is 11.9. The van der Waals surface area contributed by atoms with E-state index in [9.17, 15) is 0 Å². The SMILES string of the molecule is COc1ccc(-c2nc(Br)c3ccc(N)cn23)cc1. The second-order valence-corrected chi connectivity index (χ2v) is 4.92. The molecule has 19 heavy (non-hydrogen) atoms. The van der Waals surface area contributed by atoms with E-state index < -0.39 is 0 Å². The topological polar surface area (TPSA) is 52.5 Å². The van der Waals surface area contributed by atoms with Crippen molar-refractivity contribution >= 4 is 27.1 Å². The smallest absolute Gasteiger partial charge is 0.145 e. The summed E-state index contributed by atoms with van der Waals surface area (Å²) >= 11 is 3.47. The zero-order valence-electron chi connectivity index (χ0n) is 10.3. The fourth-order valence-electron chi connectivity index (χ4n) is 2.01. The molecule has 0 fully saturated rings. The predicted molar refractivity (Wildman–Crippen MR) is 79.3 cm³/mol. The molecule has 0 spiro atoms. The highest BCUT2D eigenvalue weighted by Gasteiger charge is 2.11. The van der Waals surface area contributed by atoms with Crippen LogP contribution in [0.5, 0.6) is 5.75 Å². The number of nitrogen functional groups attached to an aromatic ring is 1. The van der Waals surface area contributed by atoms with Crippen LogP contribution in [0, 0.1) is 0 Å². The van der Waals surface area contributed by atoms with Crippen LogP contribution in [0.3, 0.4) is 0 Å². The molecule has 0 aliphatic carbocycles. The van der Waals surface area contributed by atoms with E-state index in [1.54, 1.807) is 7.11 Å². The van der Waals surface area contributed by atoms with Crippen molar-refractivity contribution in [1.29, 1.82) is 0 Å². The molecule has 2 N–H and O–H groups in total. The van der Waals surface area contributed by atoms with Gasteiger partial charge in [0.1, 0.15) is 16.2 Å². The predicted octanol–water partition coefficient (Wildman–Crippen LogP) is 3.35. The lowest BCUT2D eigenvalue weighted by Crippen LogP contribution is -1.93. The Labute approximate surface area is 119 Å². The first-order valence-electron chi connectivity index (χ1n) is 5.76. The molecule has 0 amide bonds. The minimum Gasteiger partial charge on any atom is -0.497 e. The summed E-state index contributed by atoms with van der Waals surface area (Å²) in [5.41, 5.74) is 8.54.